The van der Waals surface area contributed by atoms with Crippen LogP contribution < -0.4 is 5.32 Å². The second-order valence-electron chi connectivity index (χ2n) is 5.97. The number of aromatic amines is 1. The Morgan fingerprint density at radius 3 is 2.87 bits per heavy atom. The molecule has 0 bridgehead atoms. The number of hydrogen-bond acceptors (Lipinski definition) is 4. The minimum absolute atomic E-state index is 0.0733. The Kier molecular flexibility index (Phi) is 5.33. The quantitative estimate of drug-likeness (QED) is 0.825. The number of carbonyl (C=O) groups excluding carboxylic acids is 1. The summed E-state index contributed by atoms with van der Waals surface area (Å²) in [6, 6.07) is 8.39. The van der Waals surface area contributed by atoms with Gasteiger partial charge < -0.3 is 5.32 Å². The third-order valence-corrected chi connectivity index (χ3v) is 5.02. The van der Waals surface area contributed by atoms with Gasteiger partial charge in [0.15, 0.2) is 5.82 Å². The Bertz CT molecular complexity index is 664. The Morgan fingerprint density at radius 1 is 1.30 bits per heavy atom. The van der Waals surface area contributed by atoms with Gasteiger partial charge >= 0.3 is 0 Å². The number of hydrogen-bond donors (Lipinski definition) is 2. The number of nitrogens with zero attached hydrogens (tertiary/aromatic N) is 2. The second-order valence-corrected chi connectivity index (χ2v) is 6.92. The number of carbonyl (C=O) groups is 1. The normalized spacial score (nSPS) is 15.5. The van der Waals surface area contributed by atoms with Crippen LogP contribution in [-0.2, 0) is 4.79 Å². The van der Waals surface area contributed by atoms with E-state index in [9.17, 15) is 4.79 Å². The smallest absolute Gasteiger partial charge is 0.230 e. The van der Waals surface area contributed by atoms with Crippen LogP contribution in [0.15, 0.2) is 29.4 Å². The van der Waals surface area contributed by atoms with Crippen LogP contribution in [0.2, 0.25) is 0 Å². The van der Waals surface area contributed by atoms with E-state index in [2.05, 4.69) is 20.5 Å². The van der Waals surface area contributed by atoms with Gasteiger partial charge in [0, 0.05) is 11.6 Å². The standard InChI is InChI=1S/C17H22N4OS/c1-12-7-5-6-10-14(12)16-19-17(21-20-16)23-11-15(22)18-13-8-3-2-4-9-13/h5-7,10,13H,2-4,8-9,11H2,1H3,(H,18,22)(H,19,20,21). The first-order valence-electron chi connectivity index (χ1n) is 8.13. The molecule has 2 N–H and O–H groups in total. The fourth-order valence-corrected chi connectivity index (χ4v) is 3.53. The van der Waals surface area contributed by atoms with Gasteiger partial charge in [-0.25, -0.2) is 4.98 Å². The first kappa shape index (κ1) is 16.1. The van der Waals surface area contributed by atoms with E-state index in [1.165, 1.54) is 31.0 Å². The molecule has 1 amide bonds. The zero-order valence-electron chi connectivity index (χ0n) is 13.3. The maximum atomic E-state index is 12.0. The van der Waals surface area contributed by atoms with Gasteiger partial charge in [0.1, 0.15) is 0 Å². The van der Waals surface area contributed by atoms with E-state index in [-0.39, 0.29) is 5.91 Å². The highest BCUT2D eigenvalue weighted by Crippen LogP contribution is 2.22. The first-order chi connectivity index (χ1) is 11.2. The number of H-pyrrole nitrogens is 1. The fourth-order valence-electron chi connectivity index (χ4n) is 2.92. The van der Waals surface area contributed by atoms with Gasteiger partial charge in [0.25, 0.3) is 0 Å². The number of nitrogens with one attached hydrogen (secondary N) is 2. The van der Waals surface area contributed by atoms with E-state index in [0.717, 1.165) is 29.8 Å². The molecule has 2 aromatic rings. The van der Waals surface area contributed by atoms with Gasteiger partial charge in [-0.3, -0.25) is 9.89 Å². The van der Waals surface area contributed by atoms with Crippen LogP contribution >= 0.6 is 11.8 Å². The van der Waals surface area contributed by atoms with Crippen molar-refractivity contribution in [1.29, 1.82) is 0 Å². The molecule has 0 atom stereocenters. The van der Waals surface area contributed by atoms with Crippen molar-refractivity contribution >= 4 is 17.7 Å². The topological polar surface area (TPSA) is 70.7 Å². The van der Waals surface area contributed by atoms with Crippen LogP contribution in [0.5, 0.6) is 0 Å². The lowest BCUT2D eigenvalue weighted by Crippen LogP contribution is -2.37. The van der Waals surface area contributed by atoms with Crippen molar-refractivity contribution in [2.45, 2.75) is 50.2 Å². The first-order valence-corrected chi connectivity index (χ1v) is 9.11. The van der Waals surface area contributed by atoms with Crippen LogP contribution in [-0.4, -0.2) is 32.9 Å². The van der Waals surface area contributed by atoms with Crippen LogP contribution in [0.3, 0.4) is 0 Å². The summed E-state index contributed by atoms with van der Waals surface area (Å²) in [5, 5.41) is 10.9. The van der Waals surface area contributed by atoms with Crippen LogP contribution in [0, 0.1) is 6.92 Å². The van der Waals surface area contributed by atoms with E-state index >= 15 is 0 Å². The molecule has 23 heavy (non-hydrogen) atoms. The molecule has 0 aliphatic heterocycles. The lowest BCUT2D eigenvalue weighted by Gasteiger charge is -2.22. The summed E-state index contributed by atoms with van der Waals surface area (Å²) < 4.78 is 0. The third-order valence-electron chi connectivity index (χ3n) is 4.17. The second kappa shape index (κ2) is 7.64. The summed E-state index contributed by atoms with van der Waals surface area (Å²) in [7, 11) is 0. The average Bonchev–Trinajstić information content (AvgIpc) is 3.03. The monoisotopic (exact) mass is 330 g/mol. The molecule has 0 unspecified atom stereocenters. The Balaban J connectivity index is 1.53. The summed E-state index contributed by atoms with van der Waals surface area (Å²) in [4.78, 5) is 16.5. The largest absolute Gasteiger partial charge is 0.353 e. The molecular formula is C17H22N4OS. The van der Waals surface area contributed by atoms with Crippen molar-refractivity contribution in [1.82, 2.24) is 20.5 Å². The maximum absolute atomic E-state index is 12.0. The van der Waals surface area contributed by atoms with Crippen molar-refractivity contribution in [2.75, 3.05) is 5.75 Å². The Hall–Kier alpha value is -1.82. The number of amides is 1. The third kappa shape index (κ3) is 4.34. The lowest BCUT2D eigenvalue weighted by atomic mass is 9.95. The van der Waals surface area contributed by atoms with Gasteiger partial charge in [-0.15, -0.1) is 5.10 Å². The van der Waals surface area contributed by atoms with Crippen molar-refractivity contribution in [3.63, 3.8) is 0 Å². The molecule has 122 valence electrons. The average molecular weight is 330 g/mol. The van der Waals surface area contributed by atoms with Crippen LogP contribution in [0.25, 0.3) is 11.4 Å². The predicted octanol–water partition coefficient (Wildman–Crippen LogP) is 3.32. The summed E-state index contributed by atoms with van der Waals surface area (Å²) >= 11 is 1.37. The molecule has 1 aromatic carbocycles. The molecule has 1 heterocycles. The highest BCUT2D eigenvalue weighted by atomic mass is 32.2. The highest BCUT2D eigenvalue weighted by molar-refractivity contribution is 7.99. The summed E-state index contributed by atoms with van der Waals surface area (Å²) in [5.41, 5.74) is 2.19. The molecule has 1 fully saturated rings. The van der Waals surface area contributed by atoms with Crippen molar-refractivity contribution < 1.29 is 4.79 Å². The molecule has 6 heteroatoms. The zero-order chi connectivity index (χ0) is 16.1. The minimum atomic E-state index is 0.0733. The number of rotatable bonds is 5. The molecule has 0 spiro atoms. The van der Waals surface area contributed by atoms with Gasteiger partial charge in [0.05, 0.1) is 5.75 Å². The summed E-state index contributed by atoms with van der Waals surface area (Å²) in [5.74, 6) is 1.18. The molecular weight excluding hydrogens is 308 g/mol. The van der Waals surface area contributed by atoms with E-state index < -0.39 is 0 Å². The zero-order valence-corrected chi connectivity index (χ0v) is 14.2. The van der Waals surface area contributed by atoms with Gasteiger partial charge in [-0.2, -0.15) is 0 Å². The number of aryl methyl sites for hydroxylation is 1. The van der Waals surface area contributed by atoms with Gasteiger partial charge in [0.2, 0.25) is 11.1 Å². The molecule has 1 saturated carbocycles. The Morgan fingerprint density at radius 2 is 2.09 bits per heavy atom. The van der Waals surface area contributed by atoms with Crippen LogP contribution in [0.4, 0.5) is 0 Å². The number of thioether (sulfide) groups is 1. The van der Waals surface area contributed by atoms with E-state index in [0.29, 0.717) is 17.0 Å². The number of aromatic nitrogens is 3. The van der Waals surface area contributed by atoms with Crippen LogP contribution in [0.1, 0.15) is 37.7 Å². The summed E-state index contributed by atoms with van der Waals surface area (Å²) in [6.45, 7) is 2.04. The van der Waals surface area contributed by atoms with Crippen molar-refractivity contribution in [3.05, 3.63) is 29.8 Å². The lowest BCUT2D eigenvalue weighted by molar-refractivity contribution is -0.119. The molecule has 1 aromatic heterocycles. The SMILES string of the molecule is Cc1ccccc1-c1nc(SCC(=O)NC2CCCCC2)n[nH]1. The molecule has 1 aliphatic carbocycles. The molecule has 1 aliphatic rings. The van der Waals surface area contributed by atoms with E-state index in [4.69, 9.17) is 0 Å². The Labute approximate surface area is 140 Å². The van der Waals surface area contributed by atoms with E-state index in [1.807, 2.05) is 31.2 Å². The molecule has 3 rings (SSSR count). The molecule has 0 saturated heterocycles. The molecule has 5 nitrogen and oxygen atoms in total. The van der Waals surface area contributed by atoms with Crippen molar-refractivity contribution in [2.24, 2.45) is 0 Å². The minimum Gasteiger partial charge on any atom is -0.353 e. The highest BCUT2D eigenvalue weighted by Gasteiger charge is 2.16. The van der Waals surface area contributed by atoms with Crippen molar-refractivity contribution in [3.8, 4) is 11.4 Å². The maximum Gasteiger partial charge on any atom is 0.230 e. The molecule has 0 radical (unpaired) electrons. The summed E-state index contributed by atoms with van der Waals surface area (Å²) in [6.07, 6.45) is 5.95. The predicted molar refractivity (Wildman–Crippen MR) is 92.3 cm³/mol. The fraction of sp³-hybridized carbons (Fsp3) is 0.471. The number of benzene rings is 1. The van der Waals surface area contributed by atoms with Gasteiger partial charge in [-0.1, -0.05) is 55.3 Å². The van der Waals surface area contributed by atoms with E-state index in [1.54, 1.807) is 0 Å². The van der Waals surface area contributed by atoms with Gasteiger partial charge in [-0.05, 0) is 25.3 Å².